The highest BCUT2D eigenvalue weighted by atomic mass is 16.2. The molecule has 0 fully saturated rings. The summed E-state index contributed by atoms with van der Waals surface area (Å²) in [5, 5.41) is 3.03. The average Bonchev–Trinajstić information content (AvgIpc) is 2.59. The van der Waals surface area contributed by atoms with Gasteiger partial charge in [-0.1, -0.05) is 27.7 Å². The molecular weight excluding hydrogens is 202 g/mol. The molecule has 0 unspecified atom stereocenters. The molecular formula is C12H21N3O. The number of aromatic nitrogens is 2. The van der Waals surface area contributed by atoms with Gasteiger partial charge in [-0.15, -0.1) is 0 Å². The van der Waals surface area contributed by atoms with E-state index in [9.17, 15) is 4.79 Å². The van der Waals surface area contributed by atoms with Gasteiger partial charge in [-0.2, -0.15) is 0 Å². The molecule has 0 radical (unpaired) electrons. The molecule has 0 bridgehead atoms. The van der Waals surface area contributed by atoms with Crippen molar-refractivity contribution in [2.24, 2.45) is 18.9 Å². The number of carbonyl (C=O) groups excluding carboxylic acids is 1. The van der Waals surface area contributed by atoms with Crippen molar-refractivity contribution in [2.45, 2.75) is 33.7 Å². The zero-order valence-electron chi connectivity index (χ0n) is 10.7. The largest absolute Gasteiger partial charge is 0.347 e. The van der Waals surface area contributed by atoms with Gasteiger partial charge in [0.15, 0.2) is 0 Å². The number of imidazole rings is 1. The fourth-order valence-electron chi connectivity index (χ4n) is 1.86. The molecule has 0 spiro atoms. The second kappa shape index (κ2) is 5.14. The minimum Gasteiger partial charge on any atom is -0.347 e. The molecule has 16 heavy (non-hydrogen) atoms. The predicted octanol–water partition coefficient (Wildman–Crippen LogP) is 1.83. The summed E-state index contributed by atoms with van der Waals surface area (Å²) in [5.74, 6) is 0.758. The van der Waals surface area contributed by atoms with E-state index in [1.165, 1.54) is 0 Å². The molecule has 0 aromatic carbocycles. The van der Waals surface area contributed by atoms with Crippen molar-refractivity contribution in [1.82, 2.24) is 14.9 Å². The molecule has 4 nitrogen and oxygen atoms in total. The predicted molar refractivity (Wildman–Crippen MR) is 64.1 cm³/mol. The molecule has 4 heteroatoms. The van der Waals surface area contributed by atoms with Crippen LogP contribution >= 0.6 is 0 Å². The van der Waals surface area contributed by atoms with E-state index in [2.05, 4.69) is 38.0 Å². The molecule has 0 aliphatic heterocycles. The summed E-state index contributed by atoms with van der Waals surface area (Å²) >= 11 is 0. The Morgan fingerprint density at radius 2 is 1.88 bits per heavy atom. The Bertz CT molecular complexity index is 347. The average molecular weight is 223 g/mol. The van der Waals surface area contributed by atoms with E-state index in [0.717, 1.165) is 0 Å². The first-order valence-corrected chi connectivity index (χ1v) is 5.70. The normalized spacial score (nSPS) is 11.5. The fraction of sp³-hybridized carbons (Fsp3) is 0.667. The van der Waals surface area contributed by atoms with Crippen molar-refractivity contribution in [1.29, 1.82) is 0 Å². The summed E-state index contributed by atoms with van der Waals surface area (Å²) in [6.45, 7) is 8.46. The minimum atomic E-state index is -0.0898. The third-order valence-electron chi connectivity index (χ3n) is 2.67. The molecule has 0 aliphatic carbocycles. The van der Waals surface area contributed by atoms with Crippen LogP contribution in [0.15, 0.2) is 12.5 Å². The molecule has 90 valence electrons. The first kappa shape index (κ1) is 12.7. The van der Waals surface area contributed by atoms with E-state index >= 15 is 0 Å². The van der Waals surface area contributed by atoms with E-state index in [4.69, 9.17) is 0 Å². The zero-order chi connectivity index (χ0) is 12.3. The Labute approximate surface area is 97.1 Å². The molecule has 0 atom stereocenters. The van der Waals surface area contributed by atoms with Crippen LogP contribution in [0.1, 0.15) is 38.2 Å². The summed E-state index contributed by atoms with van der Waals surface area (Å²) in [6, 6.07) is 0.189. The number of carbonyl (C=O) groups is 1. The van der Waals surface area contributed by atoms with Gasteiger partial charge in [-0.25, -0.2) is 4.98 Å². The molecule has 0 aliphatic rings. The fourth-order valence-corrected chi connectivity index (χ4v) is 1.86. The molecule has 1 rings (SSSR count). The lowest BCUT2D eigenvalue weighted by Gasteiger charge is -2.25. The maximum Gasteiger partial charge on any atom is 0.271 e. The topological polar surface area (TPSA) is 46.9 Å². The van der Waals surface area contributed by atoms with Gasteiger partial charge >= 0.3 is 0 Å². The van der Waals surface area contributed by atoms with Crippen molar-refractivity contribution >= 4 is 5.91 Å². The molecule has 1 N–H and O–H groups in total. The van der Waals surface area contributed by atoms with Crippen LogP contribution in [0.4, 0.5) is 0 Å². The van der Waals surface area contributed by atoms with Crippen LogP contribution in [0.5, 0.6) is 0 Å². The van der Waals surface area contributed by atoms with Crippen LogP contribution in [0, 0.1) is 11.8 Å². The lowest BCUT2D eigenvalue weighted by atomic mass is 9.93. The van der Waals surface area contributed by atoms with Crippen molar-refractivity contribution in [3.8, 4) is 0 Å². The van der Waals surface area contributed by atoms with Gasteiger partial charge in [0, 0.05) is 19.3 Å². The number of hydrogen-bond acceptors (Lipinski definition) is 2. The highest BCUT2D eigenvalue weighted by Gasteiger charge is 2.21. The maximum atomic E-state index is 11.9. The Hall–Kier alpha value is -1.32. The summed E-state index contributed by atoms with van der Waals surface area (Å²) < 4.78 is 1.77. The van der Waals surface area contributed by atoms with E-state index in [1.54, 1.807) is 17.1 Å². The van der Waals surface area contributed by atoms with Crippen molar-refractivity contribution in [3.63, 3.8) is 0 Å². The number of hydrogen-bond donors (Lipinski definition) is 1. The Kier molecular flexibility index (Phi) is 4.10. The quantitative estimate of drug-likeness (QED) is 0.846. The van der Waals surface area contributed by atoms with Crippen LogP contribution in [-0.4, -0.2) is 21.5 Å². The summed E-state index contributed by atoms with van der Waals surface area (Å²) in [4.78, 5) is 15.9. The monoisotopic (exact) mass is 223 g/mol. The second-order valence-corrected chi connectivity index (χ2v) is 4.91. The lowest BCUT2D eigenvalue weighted by Crippen LogP contribution is -2.42. The highest BCUT2D eigenvalue weighted by molar-refractivity contribution is 5.92. The minimum absolute atomic E-state index is 0.0898. The maximum absolute atomic E-state index is 11.9. The second-order valence-electron chi connectivity index (χ2n) is 4.91. The molecule has 1 amide bonds. The number of nitrogens with one attached hydrogen (secondary N) is 1. The van der Waals surface area contributed by atoms with Gasteiger partial charge in [0.25, 0.3) is 5.91 Å². The third kappa shape index (κ3) is 3.08. The van der Waals surface area contributed by atoms with Gasteiger partial charge in [0.05, 0.1) is 6.33 Å². The Morgan fingerprint density at radius 3 is 2.25 bits per heavy atom. The van der Waals surface area contributed by atoms with Crippen LogP contribution in [0.3, 0.4) is 0 Å². The van der Waals surface area contributed by atoms with E-state index in [0.29, 0.717) is 17.5 Å². The summed E-state index contributed by atoms with van der Waals surface area (Å²) in [5.41, 5.74) is 0.480. The molecule has 1 aromatic heterocycles. The Morgan fingerprint density at radius 1 is 1.31 bits per heavy atom. The van der Waals surface area contributed by atoms with Gasteiger partial charge in [0.2, 0.25) is 0 Å². The highest BCUT2D eigenvalue weighted by Crippen LogP contribution is 2.12. The van der Waals surface area contributed by atoms with E-state index in [1.807, 2.05) is 7.05 Å². The van der Waals surface area contributed by atoms with Crippen molar-refractivity contribution in [3.05, 3.63) is 18.2 Å². The number of amides is 1. The first-order chi connectivity index (χ1) is 7.41. The summed E-state index contributed by atoms with van der Waals surface area (Å²) in [6.07, 6.45) is 3.36. The Balaban J connectivity index is 2.69. The lowest BCUT2D eigenvalue weighted by molar-refractivity contribution is 0.0905. The van der Waals surface area contributed by atoms with Crippen LogP contribution in [0.25, 0.3) is 0 Å². The summed E-state index contributed by atoms with van der Waals surface area (Å²) in [7, 11) is 1.85. The zero-order valence-corrected chi connectivity index (χ0v) is 10.7. The van der Waals surface area contributed by atoms with Crippen molar-refractivity contribution < 1.29 is 4.79 Å². The van der Waals surface area contributed by atoms with Gasteiger partial charge in [-0.05, 0) is 11.8 Å². The molecule has 1 heterocycles. The number of aryl methyl sites for hydroxylation is 1. The number of nitrogens with zero attached hydrogens (tertiary/aromatic N) is 2. The van der Waals surface area contributed by atoms with Crippen LogP contribution < -0.4 is 5.32 Å². The van der Waals surface area contributed by atoms with Crippen LogP contribution in [0.2, 0.25) is 0 Å². The number of rotatable bonds is 4. The van der Waals surface area contributed by atoms with Crippen LogP contribution in [-0.2, 0) is 7.05 Å². The molecule has 0 saturated heterocycles. The van der Waals surface area contributed by atoms with Crippen molar-refractivity contribution in [2.75, 3.05) is 0 Å². The molecule has 1 aromatic rings. The SMILES string of the molecule is CC(C)C(NC(=O)c1cn(C)cn1)C(C)C. The van der Waals surface area contributed by atoms with Gasteiger partial charge in [-0.3, -0.25) is 4.79 Å². The molecule has 0 saturated carbocycles. The standard InChI is InChI=1S/C12H21N3O/c1-8(2)11(9(3)4)14-12(16)10-6-15(5)7-13-10/h6-9,11H,1-5H3,(H,14,16). The van der Waals surface area contributed by atoms with Gasteiger partial charge in [0.1, 0.15) is 5.69 Å². The van der Waals surface area contributed by atoms with E-state index < -0.39 is 0 Å². The third-order valence-corrected chi connectivity index (χ3v) is 2.67. The van der Waals surface area contributed by atoms with Gasteiger partial charge < -0.3 is 9.88 Å². The van der Waals surface area contributed by atoms with E-state index in [-0.39, 0.29) is 11.9 Å². The first-order valence-electron chi connectivity index (χ1n) is 5.70. The smallest absolute Gasteiger partial charge is 0.271 e.